The topological polar surface area (TPSA) is 108 Å². The van der Waals surface area contributed by atoms with Gasteiger partial charge in [-0.25, -0.2) is 8.42 Å². The highest BCUT2D eigenvalue weighted by Gasteiger charge is 2.29. The highest BCUT2D eigenvalue weighted by molar-refractivity contribution is 7.89. The van der Waals surface area contributed by atoms with Crippen LogP contribution in [0.1, 0.15) is 43.4 Å². The summed E-state index contributed by atoms with van der Waals surface area (Å²) < 4.78 is 32.2. The van der Waals surface area contributed by atoms with Gasteiger partial charge in [-0.1, -0.05) is 38.1 Å². The fourth-order valence-corrected chi connectivity index (χ4v) is 4.38. The van der Waals surface area contributed by atoms with Crippen LogP contribution >= 0.6 is 0 Å². The molecule has 0 saturated heterocycles. The Morgan fingerprint density at radius 1 is 1.20 bits per heavy atom. The second-order valence-electron chi connectivity index (χ2n) is 7.08. The molecule has 160 valence electrons. The van der Waals surface area contributed by atoms with E-state index in [2.05, 4.69) is 13.8 Å². The molecule has 0 saturated carbocycles. The fourth-order valence-electron chi connectivity index (χ4n) is 2.89. The van der Waals surface area contributed by atoms with Gasteiger partial charge in [-0.05, 0) is 48.6 Å². The number of hydrogen-bond donors (Lipinski definition) is 1. The van der Waals surface area contributed by atoms with Gasteiger partial charge < -0.3 is 9.84 Å². The zero-order valence-corrected chi connectivity index (χ0v) is 18.1. The summed E-state index contributed by atoms with van der Waals surface area (Å²) in [5.74, 6) is -0.786. The predicted molar refractivity (Wildman–Crippen MR) is 112 cm³/mol. The molecule has 7 nitrogen and oxygen atoms in total. The number of carbonyl (C=O) groups excluding carboxylic acids is 1. The number of phenols is 1. The summed E-state index contributed by atoms with van der Waals surface area (Å²) in [6, 6.07) is 13.3. The lowest BCUT2D eigenvalue weighted by molar-refractivity contribution is -0.143. The molecule has 0 atom stereocenters. The minimum Gasteiger partial charge on any atom is -0.507 e. The van der Waals surface area contributed by atoms with E-state index in [1.54, 1.807) is 6.92 Å². The Labute approximate surface area is 177 Å². The Bertz CT molecular complexity index is 1020. The van der Waals surface area contributed by atoms with Crippen LogP contribution in [-0.2, 0) is 26.0 Å². The number of phenolic OH excluding ortho intramolecular Hbond substituents is 1. The molecule has 0 aromatic heterocycles. The van der Waals surface area contributed by atoms with Crippen molar-refractivity contribution in [1.82, 2.24) is 4.31 Å². The first-order chi connectivity index (χ1) is 14.2. The van der Waals surface area contributed by atoms with Gasteiger partial charge in [0.15, 0.2) is 0 Å². The summed E-state index contributed by atoms with van der Waals surface area (Å²) in [5, 5.41) is 19.2. The van der Waals surface area contributed by atoms with Crippen LogP contribution in [0.4, 0.5) is 0 Å². The molecule has 8 heteroatoms. The van der Waals surface area contributed by atoms with E-state index in [-0.39, 0.29) is 18.7 Å². The molecule has 30 heavy (non-hydrogen) atoms. The van der Waals surface area contributed by atoms with Crippen molar-refractivity contribution in [1.29, 1.82) is 5.26 Å². The maximum Gasteiger partial charge on any atom is 0.321 e. The van der Waals surface area contributed by atoms with Gasteiger partial charge in [-0.2, -0.15) is 9.57 Å². The minimum atomic E-state index is -4.24. The lowest BCUT2D eigenvalue weighted by atomic mass is 10.0. The number of aromatic hydroxyl groups is 1. The Morgan fingerprint density at radius 3 is 2.43 bits per heavy atom. The molecule has 0 amide bonds. The molecular formula is C22H26N2O5S. The van der Waals surface area contributed by atoms with E-state index in [0.717, 1.165) is 22.0 Å². The molecule has 0 heterocycles. The van der Waals surface area contributed by atoms with Gasteiger partial charge in [0.2, 0.25) is 10.0 Å². The molecule has 0 unspecified atom stereocenters. The Balaban J connectivity index is 2.32. The van der Waals surface area contributed by atoms with Crippen molar-refractivity contribution in [3.05, 3.63) is 59.2 Å². The number of carbonyl (C=O) groups is 1. The summed E-state index contributed by atoms with van der Waals surface area (Å²) in [7, 11) is -4.24. The number of ether oxygens (including phenoxy) is 1. The molecule has 2 rings (SSSR count). The molecule has 2 aromatic carbocycles. The molecule has 2 aromatic rings. The normalized spacial score (nSPS) is 11.5. The van der Waals surface area contributed by atoms with Crippen molar-refractivity contribution in [2.45, 2.75) is 38.0 Å². The SMILES string of the molecule is CCOC(=O)CN(CCc1ccc(C(C)C)cc1)S(=O)(=O)c1cc(C#N)ccc1O. The first-order valence-electron chi connectivity index (χ1n) is 9.66. The number of benzene rings is 2. The standard InChI is InChI=1S/C22H26N2O5S/c1-4-29-22(26)15-24(12-11-17-5-8-19(9-6-17)16(2)3)30(27,28)21-13-18(14-23)7-10-20(21)25/h5-10,13,16,25H,4,11-12,15H2,1-3H3. The second-order valence-corrected chi connectivity index (χ2v) is 8.99. The van der Waals surface area contributed by atoms with Crippen molar-refractivity contribution in [2.75, 3.05) is 19.7 Å². The highest BCUT2D eigenvalue weighted by Crippen LogP contribution is 2.27. The van der Waals surface area contributed by atoms with E-state index >= 15 is 0 Å². The second kappa shape index (κ2) is 10.2. The van der Waals surface area contributed by atoms with Gasteiger partial charge in [0.05, 0.1) is 18.2 Å². The lowest BCUT2D eigenvalue weighted by Crippen LogP contribution is -2.38. The van der Waals surface area contributed by atoms with Crippen molar-refractivity contribution >= 4 is 16.0 Å². The monoisotopic (exact) mass is 430 g/mol. The zero-order chi connectivity index (χ0) is 22.3. The van der Waals surface area contributed by atoms with Gasteiger partial charge in [-0.3, -0.25) is 4.79 Å². The van der Waals surface area contributed by atoms with E-state index < -0.39 is 33.2 Å². The molecule has 0 fully saturated rings. The summed E-state index contributed by atoms with van der Waals surface area (Å²) in [5.41, 5.74) is 2.18. The van der Waals surface area contributed by atoms with Gasteiger partial charge in [0.1, 0.15) is 17.2 Å². The van der Waals surface area contributed by atoms with Crippen LogP contribution < -0.4 is 0 Å². The number of esters is 1. The average Bonchev–Trinajstić information content (AvgIpc) is 2.71. The van der Waals surface area contributed by atoms with Crippen LogP contribution in [0.5, 0.6) is 5.75 Å². The predicted octanol–water partition coefficient (Wildman–Crippen LogP) is 3.18. The summed E-state index contributed by atoms with van der Waals surface area (Å²) >= 11 is 0. The van der Waals surface area contributed by atoms with Crippen molar-refractivity contribution in [3.8, 4) is 11.8 Å². The smallest absolute Gasteiger partial charge is 0.321 e. The van der Waals surface area contributed by atoms with Crippen molar-refractivity contribution in [2.24, 2.45) is 0 Å². The third-order valence-corrected chi connectivity index (χ3v) is 6.49. The van der Waals surface area contributed by atoms with Crippen LogP contribution in [0.3, 0.4) is 0 Å². The Morgan fingerprint density at radius 2 is 1.87 bits per heavy atom. The summed E-state index contributed by atoms with van der Waals surface area (Å²) in [6.45, 7) is 5.46. The molecule has 0 radical (unpaired) electrons. The molecule has 0 bridgehead atoms. The van der Waals surface area contributed by atoms with E-state index in [4.69, 9.17) is 10.00 Å². The van der Waals surface area contributed by atoms with Crippen LogP contribution in [0.25, 0.3) is 0 Å². The van der Waals surface area contributed by atoms with E-state index in [0.29, 0.717) is 12.3 Å². The Kier molecular flexibility index (Phi) is 7.98. The van der Waals surface area contributed by atoms with Crippen molar-refractivity contribution in [3.63, 3.8) is 0 Å². The van der Waals surface area contributed by atoms with Gasteiger partial charge in [-0.15, -0.1) is 0 Å². The zero-order valence-electron chi connectivity index (χ0n) is 17.3. The number of rotatable bonds is 9. The maximum absolute atomic E-state index is 13.2. The van der Waals surface area contributed by atoms with Crippen LogP contribution in [0, 0.1) is 11.3 Å². The van der Waals surface area contributed by atoms with Gasteiger partial charge >= 0.3 is 5.97 Å². The number of sulfonamides is 1. The largest absolute Gasteiger partial charge is 0.507 e. The van der Waals surface area contributed by atoms with Gasteiger partial charge in [0.25, 0.3) is 0 Å². The van der Waals surface area contributed by atoms with E-state index in [1.165, 1.54) is 11.6 Å². The van der Waals surface area contributed by atoms with Crippen LogP contribution in [0.15, 0.2) is 47.4 Å². The molecule has 0 spiro atoms. The third kappa shape index (κ3) is 5.81. The first-order valence-corrected chi connectivity index (χ1v) is 11.1. The molecule has 1 N–H and O–H groups in total. The van der Waals surface area contributed by atoms with E-state index in [1.807, 2.05) is 30.3 Å². The van der Waals surface area contributed by atoms with Crippen LogP contribution in [-0.4, -0.2) is 43.5 Å². The minimum absolute atomic E-state index is 0.0123. The number of nitriles is 1. The van der Waals surface area contributed by atoms with Crippen LogP contribution in [0.2, 0.25) is 0 Å². The van der Waals surface area contributed by atoms with E-state index in [9.17, 15) is 18.3 Å². The molecule has 0 aliphatic heterocycles. The average molecular weight is 431 g/mol. The Hall–Kier alpha value is -2.89. The lowest BCUT2D eigenvalue weighted by Gasteiger charge is -2.22. The first kappa shape index (κ1) is 23.4. The molecular weight excluding hydrogens is 404 g/mol. The molecule has 0 aliphatic carbocycles. The quantitative estimate of drug-likeness (QED) is 0.612. The third-order valence-electron chi connectivity index (χ3n) is 4.61. The number of nitrogens with zero attached hydrogens (tertiary/aromatic N) is 2. The summed E-state index contributed by atoms with van der Waals surface area (Å²) in [4.78, 5) is 11.6. The molecule has 0 aliphatic rings. The highest BCUT2D eigenvalue weighted by atomic mass is 32.2. The maximum atomic E-state index is 13.2. The fraction of sp³-hybridized carbons (Fsp3) is 0.364. The van der Waals surface area contributed by atoms with Gasteiger partial charge in [0, 0.05) is 6.54 Å². The van der Waals surface area contributed by atoms with Crippen molar-refractivity contribution < 1.29 is 23.1 Å². The number of hydrogen-bond acceptors (Lipinski definition) is 6. The summed E-state index contributed by atoms with van der Waals surface area (Å²) in [6.07, 6.45) is 0.371.